The van der Waals surface area contributed by atoms with Gasteiger partial charge < -0.3 is 24.8 Å². The molecular formula is C24H26N4O6S. The molecule has 3 aromatic rings. The lowest BCUT2D eigenvalue weighted by Gasteiger charge is -2.27. The average molecular weight is 499 g/mol. The van der Waals surface area contributed by atoms with Crippen LogP contribution >= 0.6 is 0 Å². The fourth-order valence-corrected chi connectivity index (χ4v) is 5.31. The zero-order valence-corrected chi connectivity index (χ0v) is 20.0. The topological polar surface area (TPSA) is 127 Å². The maximum Gasteiger partial charge on any atom is 0.242 e. The predicted molar refractivity (Wildman–Crippen MR) is 131 cm³/mol. The number of para-hydroxylation sites is 1. The van der Waals surface area contributed by atoms with E-state index in [-0.39, 0.29) is 23.3 Å². The van der Waals surface area contributed by atoms with Crippen molar-refractivity contribution < 1.29 is 27.5 Å². The van der Waals surface area contributed by atoms with E-state index >= 15 is 0 Å². The highest BCUT2D eigenvalue weighted by Gasteiger charge is 2.26. The van der Waals surface area contributed by atoms with E-state index in [0.29, 0.717) is 48.6 Å². The smallest absolute Gasteiger partial charge is 0.242 e. The Morgan fingerprint density at radius 3 is 2.23 bits per heavy atom. The molecule has 2 N–H and O–H groups in total. The fourth-order valence-electron chi connectivity index (χ4n) is 3.94. The van der Waals surface area contributed by atoms with E-state index in [4.69, 9.17) is 4.74 Å². The Morgan fingerprint density at radius 2 is 1.57 bits per heavy atom. The van der Waals surface area contributed by atoms with Crippen molar-refractivity contribution in [1.82, 2.24) is 9.47 Å². The number of carbonyl (C=O) groups excluding carboxylic acids is 3. The standard InChI is InChI=1S/C24H26N4O6S/c1-17(29)25-18-6-8-19(9-7-18)26-23(30)16-35(32,33)22-14-28(21-5-3-2-4-20(21)22)15-24(31)27-10-12-34-13-11-27/h2-9,14H,10-13,15-16H2,1H3,(H,25,29)(H,26,30). The third-order valence-corrected chi connectivity index (χ3v) is 7.20. The van der Waals surface area contributed by atoms with Crippen LogP contribution in [-0.4, -0.2) is 67.7 Å². The highest BCUT2D eigenvalue weighted by molar-refractivity contribution is 7.92. The molecule has 35 heavy (non-hydrogen) atoms. The summed E-state index contributed by atoms with van der Waals surface area (Å²) >= 11 is 0. The summed E-state index contributed by atoms with van der Waals surface area (Å²) in [5, 5.41) is 5.64. The molecule has 0 bridgehead atoms. The van der Waals surface area contributed by atoms with Gasteiger partial charge in [-0.15, -0.1) is 0 Å². The number of ether oxygens (including phenoxy) is 1. The first kappa shape index (κ1) is 24.4. The largest absolute Gasteiger partial charge is 0.378 e. The van der Waals surface area contributed by atoms with E-state index in [0.717, 1.165) is 0 Å². The number of carbonyl (C=O) groups is 3. The number of hydrogen-bond donors (Lipinski definition) is 2. The van der Waals surface area contributed by atoms with Crippen LogP contribution < -0.4 is 10.6 Å². The van der Waals surface area contributed by atoms with Crippen LogP contribution in [-0.2, 0) is 35.5 Å². The van der Waals surface area contributed by atoms with Gasteiger partial charge in [0, 0.05) is 48.5 Å². The average Bonchev–Trinajstić information content (AvgIpc) is 3.20. The van der Waals surface area contributed by atoms with E-state index in [1.165, 1.54) is 13.1 Å². The van der Waals surface area contributed by atoms with Gasteiger partial charge >= 0.3 is 0 Å². The SMILES string of the molecule is CC(=O)Nc1ccc(NC(=O)CS(=O)(=O)c2cn(CC(=O)N3CCOCC3)c3ccccc23)cc1. The van der Waals surface area contributed by atoms with Gasteiger partial charge in [-0.1, -0.05) is 18.2 Å². The molecule has 10 nitrogen and oxygen atoms in total. The first-order valence-electron chi connectivity index (χ1n) is 11.1. The Morgan fingerprint density at radius 1 is 0.943 bits per heavy atom. The van der Waals surface area contributed by atoms with Gasteiger partial charge in [-0.05, 0) is 30.3 Å². The zero-order chi connectivity index (χ0) is 25.0. The Balaban J connectivity index is 1.51. The van der Waals surface area contributed by atoms with Crippen LogP contribution in [0, 0.1) is 0 Å². The minimum absolute atomic E-state index is 0.000895. The minimum atomic E-state index is -4.00. The number of hydrogen-bond acceptors (Lipinski definition) is 6. The number of morpholine rings is 1. The molecule has 1 saturated heterocycles. The van der Waals surface area contributed by atoms with E-state index in [1.54, 1.807) is 58.0 Å². The van der Waals surface area contributed by atoms with E-state index < -0.39 is 21.5 Å². The third-order valence-electron chi connectivity index (χ3n) is 5.57. The molecule has 11 heteroatoms. The number of nitrogens with one attached hydrogen (secondary N) is 2. The van der Waals surface area contributed by atoms with Crippen molar-refractivity contribution in [3.63, 3.8) is 0 Å². The number of amides is 3. The van der Waals surface area contributed by atoms with Crippen molar-refractivity contribution in [2.24, 2.45) is 0 Å². The van der Waals surface area contributed by atoms with Crippen LogP contribution in [0.5, 0.6) is 0 Å². The predicted octanol–water partition coefficient (Wildman–Crippen LogP) is 1.87. The van der Waals surface area contributed by atoms with Gasteiger partial charge in [0.2, 0.25) is 17.7 Å². The lowest BCUT2D eigenvalue weighted by Crippen LogP contribution is -2.42. The molecule has 2 aromatic carbocycles. The second kappa shape index (κ2) is 10.3. The van der Waals surface area contributed by atoms with Crippen molar-refractivity contribution in [2.75, 3.05) is 42.7 Å². The molecule has 1 aliphatic heterocycles. The van der Waals surface area contributed by atoms with Gasteiger partial charge in [-0.2, -0.15) is 0 Å². The molecule has 184 valence electrons. The summed E-state index contributed by atoms with van der Waals surface area (Å²) in [7, 11) is -4.00. The van der Waals surface area contributed by atoms with Gasteiger partial charge in [-0.25, -0.2) is 8.42 Å². The number of rotatable bonds is 7. The van der Waals surface area contributed by atoms with E-state index in [9.17, 15) is 22.8 Å². The van der Waals surface area contributed by atoms with Crippen molar-refractivity contribution in [2.45, 2.75) is 18.4 Å². The lowest BCUT2D eigenvalue weighted by atomic mass is 10.2. The summed E-state index contributed by atoms with van der Waals surface area (Å²) in [5.74, 6) is -1.80. The second-order valence-electron chi connectivity index (χ2n) is 8.20. The molecule has 4 rings (SSSR count). The van der Waals surface area contributed by atoms with Crippen LogP contribution in [0.1, 0.15) is 6.92 Å². The quantitative estimate of drug-likeness (QED) is 0.512. The fraction of sp³-hybridized carbons (Fsp3) is 0.292. The number of aromatic nitrogens is 1. The Labute approximate surface area is 202 Å². The molecule has 0 aliphatic carbocycles. The Bertz CT molecular complexity index is 1360. The zero-order valence-electron chi connectivity index (χ0n) is 19.2. The summed E-state index contributed by atoms with van der Waals surface area (Å²) in [6.07, 6.45) is 1.42. The van der Waals surface area contributed by atoms with Crippen LogP contribution in [0.4, 0.5) is 11.4 Å². The summed E-state index contributed by atoms with van der Waals surface area (Å²) in [6, 6.07) is 13.2. The van der Waals surface area contributed by atoms with Crippen LogP contribution in [0.25, 0.3) is 10.9 Å². The Hall–Kier alpha value is -3.70. The lowest BCUT2D eigenvalue weighted by molar-refractivity contribution is -0.135. The number of fused-ring (bicyclic) bond motifs is 1. The first-order chi connectivity index (χ1) is 16.7. The highest BCUT2D eigenvalue weighted by atomic mass is 32.2. The van der Waals surface area contributed by atoms with Crippen molar-refractivity contribution >= 4 is 49.8 Å². The number of anilines is 2. The van der Waals surface area contributed by atoms with Crippen LogP contribution in [0.15, 0.2) is 59.6 Å². The monoisotopic (exact) mass is 498 g/mol. The maximum atomic E-state index is 13.2. The number of benzene rings is 2. The second-order valence-corrected chi connectivity index (χ2v) is 10.2. The number of sulfone groups is 1. The van der Waals surface area contributed by atoms with Crippen molar-refractivity contribution in [3.8, 4) is 0 Å². The normalized spacial score (nSPS) is 14.0. The van der Waals surface area contributed by atoms with E-state index in [2.05, 4.69) is 10.6 Å². The minimum Gasteiger partial charge on any atom is -0.378 e. The summed E-state index contributed by atoms with van der Waals surface area (Å²) in [6.45, 7) is 3.31. The van der Waals surface area contributed by atoms with Gasteiger partial charge in [0.1, 0.15) is 12.3 Å². The summed E-state index contributed by atoms with van der Waals surface area (Å²) in [4.78, 5) is 38.1. The van der Waals surface area contributed by atoms with Crippen LogP contribution in [0.3, 0.4) is 0 Å². The molecule has 1 aromatic heterocycles. The molecule has 0 radical (unpaired) electrons. The molecular weight excluding hydrogens is 472 g/mol. The van der Waals surface area contributed by atoms with Crippen LogP contribution in [0.2, 0.25) is 0 Å². The Kier molecular flexibility index (Phi) is 7.17. The molecule has 3 amide bonds. The third kappa shape index (κ3) is 5.87. The van der Waals surface area contributed by atoms with Gasteiger partial charge in [0.05, 0.1) is 18.1 Å². The summed E-state index contributed by atoms with van der Waals surface area (Å²) in [5.41, 5.74) is 1.56. The summed E-state index contributed by atoms with van der Waals surface area (Å²) < 4.78 is 33.3. The molecule has 0 unspecified atom stereocenters. The van der Waals surface area contributed by atoms with Crippen molar-refractivity contribution in [3.05, 3.63) is 54.7 Å². The molecule has 0 saturated carbocycles. The van der Waals surface area contributed by atoms with E-state index in [1.807, 2.05) is 0 Å². The number of nitrogens with zero attached hydrogens (tertiary/aromatic N) is 2. The van der Waals surface area contributed by atoms with Crippen molar-refractivity contribution in [1.29, 1.82) is 0 Å². The molecule has 0 spiro atoms. The first-order valence-corrected chi connectivity index (χ1v) is 12.7. The molecule has 1 fully saturated rings. The van der Waals surface area contributed by atoms with Gasteiger partial charge in [0.15, 0.2) is 9.84 Å². The molecule has 1 aliphatic rings. The molecule has 2 heterocycles. The van der Waals surface area contributed by atoms with Gasteiger partial charge in [0.25, 0.3) is 0 Å². The maximum absolute atomic E-state index is 13.2. The highest BCUT2D eigenvalue weighted by Crippen LogP contribution is 2.27. The van der Waals surface area contributed by atoms with Gasteiger partial charge in [-0.3, -0.25) is 14.4 Å². The molecule has 0 atom stereocenters.